The number of β-amino-alcohol motifs (C(OH)–C–C–N with tert-alkyl or cyclic N) is 1. The first-order valence-corrected chi connectivity index (χ1v) is 4.77. The molecule has 0 aromatic rings. The summed E-state index contributed by atoms with van der Waals surface area (Å²) in [6.07, 6.45) is 0.817. The molecule has 1 heterocycles. The van der Waals surface area contributed by atoms with Gasteiger partial charge >= 0.3 is 0 Å². The molecule has 0 aliphatic carbocycles. The number of ether oxygens (including phenoxy) is 1. The highest BCUT2D eigenvalue weighted by atomic mass is 16.5. The normalized spacial score (nSPS) is 22.3. The molecule has 0 spiro atoms. The molecular weight excluding hydrogens is 170 g/mol. The fourth-order valence-corrected chi connectivity index (χ4v) is 1.43. The second kappa shape index (κ2) is 5.19. The minimum atomic E-state index is -0.323. The Kier molecular flexibility index (Phi) is 4.18. The lowest BCUT2D eigenvalue weighted by Gasteiger charge is -2.14. The van der Waals surface area contributed by atoms with E-state index in [0.717, 1.165) is 0 Å². The predicted molar refractivity (Wildman–Crippen MR) is 48.3 cm³/mol. The zero-order valence-corrected chi connectivity index (χ0v) is 8.03. The Morgan fingerprint density at radius 1 is 1.69 bits per heavy atom. The Labute approximate surface area is 78.5 Å². The van der Waals surface area contributed by atoms with Gasteiger partial charge in [0.15, 0.2) is 0 Å². The lowest BCUT2D eigenvalue weighted by molar-refractivity contribution is -0.131. The molecular formula is C9H17NO3. The van der Waals surface area contributed by atoms with Crippen molar-refractivity contribution in [3.63, 3.8) is 0 Å². The summed E-state index contributed by atoms with van der Waals surface area (Å²) in [6.45, 7) is 4.22. The van der Waals surface area contributed by atoms with Crippen LogP contribution in [0.1, 0.15) is 19.8 Å². The van der Waals surface area contributed by atoms with Crippen molar-refractivity contribution < 1.29 is 14.6 Å². The molecule has 0 saturated carbocycles. The number of amides is 1. The highest BCUT2D eigenvalue weighted by molar-refractivity contribution is 5.76. The molecule has 0 aromatic heterocycles. The highest BCUT2D eigenvalue weighted by Gasteiger charge is 2.23. The molecule has 1 amide bonds. The van der Waals surface area contributed by atoms with Gasteiger partial charge in [0.25, 0.3) is 0 Å². The third kappa shape index (κ3) is 3.32. The summed E-state index contributed by atoms with van der Waals surface area (Å²) >= 11 is 0. The first-order chi connectivity index (χ1) is 6.24. The maximum Gasteiger partial charge on any atom is 0.224 e. The molecule has 1 saturated heterocycles. The van der Waals surface area contributed by atoms with E-state index in [9.17, 15) is 9.90 Å². The molecule has 1 N–H and O–H groups in total. The van der Waals surface area contributed by atoms with E-state index in [-0.39, 0.29) is 12.0 Å². The van der Waals surface area contributed by atoms with Crippen LogP contribution in [0.4, 0.5) is 0 Å². The van der Waals surface area contributed by atoms with Crippen molar-refractivity contribution in [2.24, 2.45) is 0 Å². The van der Waals surface area contributed by atoms with Crippen molar-refractivity contribution in [3.05, 3.63) is 0 Å². The SMILES string of the molecule is CCOCCC(=O)N1CC[C@@H](O)C1. The molecule has 4 heteroatoms. The standard InChI is InChI=1S/C9H17NO3/c1-2-13-6-4-9(12)10-5-3-8(11)7-10/h8,11H,2-7H2,1H3/t8-/m1/s1. The van der Waals surface area contributed by atoms with Gasteiger partial charge < -0.3 is 14.7 Å². The Balaban J connectivity index is 2.16. The summed E-state index contributed by atoms with van der Waals surface area (Å²) in [5.74, 6) is 0.0880. The van der Waals surface area contributed by atoms with Crippen molar-refractivity contribution in [1.82, 2.24) is 4.90 Å². The van der Waals surface area contributed by atoms with Gasteiger partial charge in [-0.2, -0.15) is 0 Å². The molecule has 13 heavy (non-hydrogen) atoms. The van der Waals surface area contributed by atoms with Gasteiger partial charge in [0.1, 0.15) is 0 Å². The van der Waals surface area contributed by atoms with Gasteiger partial charge in [0.05, 0.1) is 19.1 Å². The fourth-order valence-electron chi connectivity index (χ4n) is 1.43. The van der Waals surface area contributed by atoms with Crippen LogP contribution in [0.5, 0.6) is 0 Å². The van der Waals surface area contributed by atoms with Gasteiger partial charge in [-0.25, -0.2) is 0 Å². The molecule has 0 aromatic carbocycles. The predicted octanol–water partition coefficient (Wildman–Crippen LogP) is 0.00620. The Morgan fingerprint density at radius 3 is 3.00 bits per heavy atom. The van der Waals surface area contributed by atoms with E-state index in [4.69, 9.17) is 4.74 Å². The van der Waals surface area contributed by atoms with E-state index in [2.05, 4.69) is 0 Å². The molecule has 76 valence electrons. The van der Waals surface area contributed by atoms with Crippen LogP contribution >= 0.6 is 0 Å². The number of hydrogen-bond donors (Lipinski definition) is 1. The second-order valence-corrected chi connectivity index (χ2v) is 3.23. The second-order valence-electron chi connectivity index (χ2n) is 3.23. The molecule has 0 radical (unpaired) electrons. The quantitative estimate of drug-likeness (QED) is 0.630. The monoisotopic (exact) mass is 187 g/mol. The summed E-state index contributed by atoms with van der Waals surface area (Å²) in [6, 6.07) is 0. The van der Waals surface area contributed by atoms with Gasteiger partial charge in [-0.15, -0.1) is 0 Å². The number of rotatable bonds is 4. The van der Waals surface area contributed by atoms with Crippen molar-refractivity contribution in [2.75, 3.05) is 26.3 Å². The minimum absolute atomic E-state index is 0.0880. The van der Waals surface area contributed by atoms with Crippen LogP contribution in [0.2, 0.25) is 0 Å². The van der Waals surface area contributed by atoms with E-state index >= 15 is 0 Å². The molecule has 1 aliphatic rings. The van der Waals surface area contributed by atoms with E-state index in [1.54, 1.807) is 4.90 Å². The van der Waals surface area contributed by atoms with Gasteiger partial charge in [-0.3, -0.25) is 4.79 Å². The first-order valence-electron chi connectivity index (χ1n) is 4.77. The largest absolute Gasteiger partial charge is 0.391 e. The van der Waals surface area contributed by atoms with Crippen LogP contribution in [0.25, 0.3) is 0 Å². The summed E-state index contributed by atoms with van der Waals surface area (Å²) in [5.41, 5.74) is 0. The van der Waals surface area contributed by atoms with Gasteiger partial charge in [-0.1, -0.05) is 0 Å². The third-order valence-electron chi connectivity index (χ3n) is 2.18. The van der Waals surface area contributed by atoms with Crippen molar-refractivity contribution in [3.8, 4) is 0 Å². The minimum Gasteiger partial charge on any atom is -0.391 e. The van der Waals surface area contributed by atoms with Crippen molar-refractivity contribution in [2.45, 2.75) is 25.9 Å². The van der Waals surface area contributed by atoms with E-state index in [1.807, 2.05) is 6.92 Å². The topological polar surface area (TPSA) is 49.8 Å². The molecule has 1 aliphatic heterocycles. The molecule has 0 unspecified atom stereocenters. The number of aliphatic hydroxyl groups is 1. The molecule has 1 fully saturated rings. The third-order valence-corrected chi connectivity index (χ3v) is 2.18. The van der Waals surface area contributed by atoms with E-state index in [1.165, 1.54) is 0 Å². The van der Waals surface area contributed by atoms with Crippen LogP contribution in [0.15, 0.2) is 0 Å². The van der Waals surface area contributed by atoms with Crippen LogP contribution in [0.3, 0.4) is 0 Å². The Bertz CT molecular complexity index is 172. The molecule has 4 nitrogen and oxygen atoms in total. The molecule has 1 atom stereocenters. The van der Waals surface area contributed by atoms with Crippen LogP contribution in [-0.2, 0) is 9.53 Å². The number of hydrogen-bond acceptors (Lipinski definition) is 3. The lowest BCUT2D eigenvalue weighted by atomic mass is 10.3. The van der Waals surface area contributed by atoms with Gasteiger partial charge in [-0.05, 0) is 13.3 Å². The number of likely N-dealkylation sites (tertiary alicyclic amines) is 1. The Hall–Kier alpha value is -0.610. The van der Waals surface area contributed by atoms with Gasteiger partial charge in [0.2, 0.25) is 5.91 Å². The zero-order chi connectivity index (χ0) is 9.68. The van der Waals surface area contributed by atoms with Crippen molar-refractivity contribution >= 4 is 5.91 Å². The van der Waals surface area contributed by atoms with Crippen LogP contribution in [0, 0.1) is 0 Å². The van der Waals surface area contributed by atoms with Crippen LogP contribution < -0.4 is 0 Å². The van der Waals surface area contributed by atoms with E-state index in [0.29, 0.717) is 39.1 Å². The number of nitrogens with zero attached hydrogens (tertiary/aromatic N) is 1. The van der Waals surface area contributed by atoms with Crippen LogP contribution in [-0.4, -0.2) is 48.3 Å². The molecule has 1 rings (SSSR count). The number of aliphatic hydroxyl groups excluding tert-OH is 1. The fraction of sp³-hybridized carbons (Fsp3) is 0.889. The summed E-state index contributed by atoms with van der Waals surface area (Å²) < 4.78 is 5.08. The summed E-state index contributed by atoms with van der Waals surface area (Å²) in [4.78, 5) is 13.1. The van der Waals surface area contributed by atoms with Gasteiger partial charge in [0, 0.05) is 19.7 Å². The summed E-state index contributed by atoms with van der Waals surface area (Å²) in [5, 5.41) is 9.19. The average molecular weight is 187 g/mol. The lowest BCUT2D eigenvalue weighted by Crippen LogP contribution is -2.30. The molecule has 0 bridgehead atoms. The summed E-state index contributed by atoms with van der Waals surface area (Å²) in [7, 11) is 0. The maximum absolute atomic E-state index is 11.4. The maximum atomic E-state index is 11.4. The first kappa shape index (κ1) is 10.5. The number of carbonyl (C=O) groups excluding carboxylic acids is 1. The van der Waals surface area contributed by atoms with Crippen molar-refractivity contribution in [1.29, 1.82) is 0 Å². The zero-order valence-electron chi connectivity index (χ0n) is 8.03. The Morgan fingerprint density at radius 2 is 2.46 bits per heavy atom. The smallest absolute Gasteiger partial charge is 0.224 e. The number of carbonyl (C=O) groups is 1. The van der Waals surface area contributed by atoms with E-state index < -0.39 is 0 Å². The highest BCUT2D eigenvalue weighted by Crippen LogP contribution is 2.09. The average Bonchev–Trinajstić information content (AvgIpc) is 2.52.